The normalized spacial score (nSPS) is 19.2. The summed E-state index contributed by atoms with van der Waals surface area (Å²) in [7, 11) is 0. The van der Waals surface area contributed by atoms with E-state index >= 15 is 0 Å². The molecule has 6 nitrogen and oxygen atoms in total. The number of benzene rings is 1. The van der Waals surface area contributed by atoms with Crippen molar-refractivity contribution in [3.05, 3.63) is 23.8 Å². The highest BCUT2D eigenvalue weighted by molar-refractivity contribution is 6.01. The number of likely N-dealkylation sites (tertiary alicyclic amines) is 1. The van der Waals surface area contributed by atoms with Crippen LogP contribution in [-0.2, 0) is 4.79 Å². The van der Waals surface area contributed by atoms with Crippen molar-refractivity contribution in [1.82, 2.24) is 4.90 Å². The lowest BCUT2D eigenvalue weighted by atomic mass is 10.00. The van der Waals surface area contributed by atoms with Gasteiger partial charge in [0.25, 0.3) is 5.91 Å². The zero-order chi connectivity index (χ0) is 14.0. The van der Waals surface area contributed by atoms with Crippen LogP contribution in [0.5, 0.6) is 11.5 Å². The first-order chi connectivity index (χ1) is 9.02. The highest BCUT2D eigenvalue weighted by Gasteiger charge is 2.33. The Kier molecular flexibility index (Phi) is 3.59. The van der Waals surface area contributed by atoms with Crippen molar-refractivity contribution in [2.45, 2.75) is 25.3 Å². The lowest BCUT2D eigenvalue weighted by Crippen LogP contribution is -2.50. The van der Waals surface area contributed by atoms with Crippen LogP contribution in [0.3, 0.4) is 0 Å². The van der Waals surface area contributed by atoms with E-state index in [1.54, 1.807) is 0 Å². The molecule has 2 rings (SSSR count). The smallest absolute Gasteiger partial charge is 0.262 e. The highest BCUT2D eigenvalue weighted by Crippen LogP contribution is 2.30. The summed E-state index contributed by atoms with van der Waals surface area (Å²) in [5.74, 6) is -1.75. The molecular formula is C13H16N2O4. The number of phenols is 2. The summed E-state index contributed by atoms with van der Waals surface area (Å²) in [4.78, 5) is 25.0. The van der Waals surface area contributed by atoms with E-state index in [1.807, 2.05) is 0 Å². The third-order valence-electron chi connectivity index (χ3n) is 3.33. The standard InChI is InChI=1S/C13H16N2O4/c14-12(18)8-4-1-2-7-15(8)13(19)11-9(16)5-3-6-10(11)17/h3,5-6,8,16-17H,1-2,4,7H2,(H2,14,18). The molecule has 6 heteroatoms. The SMILES string of the molecule is NC(=O)C1CCCCN1C(=O)c1c(O)cccc1O. The van der Waals surface area contributed by atoms with Gasteiger partial charge in [-0.15, -0.1) is 0 Å². The van der Waals surface area contributed by atoms with Crippen molar-refractivity contribution in [3.8, 4) is 11.5 Å². The molecule has 19 heavy (non-hydrogen) atoms. The van der Waals surface area contributed by atoms with E-state index in [2.05, 4.69) is 0 Å². The zero-order valence-corrected chi connectivity index (χ0v) is 10.4. The first-order valence-corrected chi connectivity index (χ1v) is 6.13. The monoisotopic (exact) mass is 264 g/mol. The number of phenolic OH excluding ortho intramolecular Hbond substituents is 2. The van der Waals surface area contributed by atoms with E-state index in [1.165, 1.54) is 23.1 Å². The van der Waals surface area contributed by atoms with Gasteiger partial charge in [-0.3, -0.25) is 9.59 Å². The van der Waals surface area contributed by atoms with Gasteiger partial charge in [0.1, 0.15) is 23.1 Å². The van der Waals surface area contributed by atoms with Crippen molar-refractivity contribution >= 4 is 11.8 Å². The number of amides is 2. The number of primary amides is 1. The molecule has 0 radical (unpaired) electrons. The number of aromatic hydroxyl groups is 2. The van der Waals surface area contributed by atoms with E-state index in [9.17, 15) is 19.8 Å². The molecule has 0 aromatic heterocycles. The average Bonchev–Trinajstić information content (AvgIpc) is 2.38. The molecule has 1 atom stereocenters. The summed E-state index contributed by atoms with van der Waals surface area (Å²) < 4.78 is 0. The van der Waals surface area contributed by atoms with Crippen LogP contribution in [0.4, 0.5) is 0 Å². The number of rotatable bonds is 2. The predicted molar refractivity (Wildman–Crippen MR) is 67.6 cm³/mol. The number of nitrogens with zero attached hydrogens (tertiary/aromatic N) is 1. The van der Waals surface area contributed by atoms with Crippen molar-refractivity contribution in [1.29, 1.82) is 0 Å². The molecule has 1 saturated heterocycles. The van der Waals surface area contributed by atoms with E-state index in [0.717, 1.165) is 12.8 Å². The van der Waals surface area contributed by atoms with Gasteiger partial charge in [-0.1, -0.05) is 6.07 Å². The maximum Gasteiger partial charge on any atom is 0.262 e. The number of nitrogens with two attached hydrogens (primary N) is 1. The molecule has 1 unspecified atom stereocenters. The topological polar surface area (TPSA) is 104 Å². The lowest BCUT2D eigenvalue weighted by molar-refractivity contribution is -0.123. The van der Waals surface area contributed by atoms with Crippen LogP contribution in [0, 0.1) is 0 Å². The zero-order valence-electron chi connectivity index (χ0n) is 10.4. The van der Waals surface area contributed by atoms with Gasteiger partial charge in [0.15, 0.2) is 0 Å². The van der Waals surface area contributed by atoms with Gasteiger partial charge in [-0.25, -0.2) is 0 Å². The Morgan fingerprint density at radius 1 is 1.21 bits per heavy atom. The molecule has 1 aromatic rings. The van der Waals surface area contributed by atoms with Crippen LogP contribution in [0.1, 0.15) is 29.6 Å². The third-order valence-corrected chi connectivity index (χ3v) is 3.33. The van der Waals surface area contributed by atoms with Crippen molar-refractivity contribution in [2.24, 2.45) is 5.73 Å². The Morgan fingerprint density at radius 3 is 2.42 bits per heavy atom. The second-order valence-corrected chi connectivity index (χ2v) is 4.58. The Balaban J connectivity index is 2.34. The fraction of sp³-hybridized carbons (Fsp3) is 0.385. The molecule has 1 aliphatic heterocycles. The molecular weight excluding hydrogens is 248 g/mol. The van der Waals surface area contributed by atoms with Gasteiger partial charge in [0.05, 0.1) is 0 Å². The number of piperidine rings is 1. The maximum atomic E-state index is 12.4. The van der Waals surface area contributed by atoms with Gasteiger partial charge in [-0.05, 0) is 31.4 Å². The van der Waals surface area contributed by atoms with E-state index in [4.69, 9.17) is 5.73 Å². The Bertz CT molecular complexity index is 495. The number of hydrogen-bond acceptors (Lipinski definition) is 4. The van der Waals surface area contributed by atoms with Crippen LogP contribution >= 0.6 is 0 Å². The molecule has 1 heterocycles. The van der Waals surface area contributed by atoms with Crippen LogP contribution < -0.4 is 5.73 Å². The van der Waals surface area contributed by atoms with E-state index < -0.39 is 17.9 Å². The Morgan fingerprint density at radius 2 is 1.84 bits per heavy atom. The van der Waals surface area contributed by atoms with Gasteiger partial charge in [0.2, 0.25) is 5.91 Å². The van der Waals surface area contributed by atoms with E-state index in [0.29, 0.717) is 13.0 Å². The van der Waals surface area contributed by atoms with Crippen LogP contribution in [0.15, 0.2) is 18.2 Å². The fourth-order valence-corrected chi connectivity index (χ4v) is 2.36. The van der Waals surface area contributed by atoms with Gasteiger partial charge in [-0.2, -0.15) is 0 Å². The lowest BCUT2D eigenvalue weighted by Gasteiger charge is -2.33. The quantitative estimate of drug-likeness (QED) is 0.726. The summed E-state index contributed by atoms with van der Waals surface area (Å²) in [6.07, 6.45) is 2.10. The first-order valence-electron chi connectivity index (χ1n) is 6.13. The Labute approximate surface area is 110 Å². The summed E-state index contributed by atoms with van der Waals surface area (Å²) in [5.41, 5.74) is 5.11. The molecule has 1 aromatic carbocycles. The molecule has 0 aliphatic carbocycles. The van der Waals surface area contributed by atoms with Gasteiger partial charge in [0, 0.05) is 6.54 Å². The van der Waals surface area contributed by atoms with Crippen LogP contribution in [-0.4, -0.2) is 39.5 Å². The minimum absolute atomic E-state index is 0.185. The fourth-order valence-electron chi connectivity index (χ4n) is 2.36. The second kappa shape index (κ2) is 5.17. The van der Waals surface area contributed by atoms with Crippen LogP contribution in [0.2, 0.25) is 0 Å². The number of carbonyl (C=O) groups excluding carboxylic acids is 2. The predicted octanol–water partition coefficient (Wildman–Crippen LogP) is 0.578. The summed E-state index contributed by atoms with van der Waals surface area (Å²) in [5, 5.41) is 19.4. The van der Waals surface area contributed by atoms with Crippen molar-refractivity contribution in [2.75, 3.05) is 6.54 Å². The average molecular weight is 264 g/mol. The molecule has 0 spiro atoms. The molecule has 2 amide bonds. The first kappa shape index (κ1) is 13.2. The van der Waals surface area contributed by atoms with Crippen LogP contribution in [0.25, 0.3) is 0 Å². The van der Waals surface area contributed by atoms with Gasteiger partial charge < -0.3 is 20.8 Å². The molecule has 0 saturated carbocycles. The number of hydrogen-bond donors (Lipinski definition) is 3. The minimum Gasteiger partial charge on any atom is -0.507 e. The molecule has 0 bridgehead atoms. The molecule has 1 fully saturated rings. The largest absolute Gasteiger partial charge is 0.507 e. The molecule has 102 valence electrons. The van der Waals surface area contributed by atoms with Crippen molar-refractivity contribution < 1.29 is 19.8 Å². The maximum absolute atomic E-state index is 12.4. The summed E-state index contributed by atoms with van der Waals surface area (Å²) in [6, 6.07) is 3.38. The highest BCUT2D eigenvalue weighted by atomic mass is 16.3. The summed E-state index contributed by atoms with van der Waals surface area (Å²) in [6.45, 7) is 0.389. The number of carbonyl (C=O) groups is 2. The van der Waals surface area contributed by atoms with Gasteiger partial charge >= 0.3 is 0 Å². The van der Waals surface area contributed by atoms with E-state index in [-0.39, 0.29) is 17.1 Å². The van der Waals surface area contributed by atoms with Crippen molar-refractivity contribution in [3.63, 3.8) is 0 Å². The minimum atomic E-state index is -0.680. The molecule has 4 N–H and O–H groups in total. The Hall–Kier alpha value is -2.24. The summed E-state index contributed by atoms with van der Waals surface area (Å²) >= 11 is 0. The molecule has 1 aliphatic rings. The second-order valence-electron chi connectivity index (χ2n) is 4.58. The third kappa shape index (κ3) is 2.47.